The monoisotopic (exact) mass is 464 g/mol. The van der Waals surface area contributed by atoms with Gasteiger partial charge in [0.1, 0.15) is 12.6 Å². The van der Waals surface area contributed by atoms with Gasteiger partial charge in [0.05, 0.1) is 6.42 Å². The summed E-state index contributed by atoms with van der Waals surface area (Å²) in [5, 5.41) is 14.6. The lowest BCUT2D eigenvalue weighted by Gasteiger charge is -2.28. The Morgan fingerprint density at radius 1 is 1.03 bits per heavy atom. The molecule has 0 aromatic heterocycles. The summed E-state index contributed by atoms with van der Waals surface area (Å²) in [5.41, 5.74) is 4.46. The smallest absolute Gasteiger partial charge is 0.407 e. The van der Waals surface area contributed by atoms with Crippen LogP contribution in [0.5, 0.6) is 0 Å². The molecule has 7 nitrogen and oxygen atoms in total. The van der Waals surface area contributed by atoms with Gasteiger partial charge in [-0.2, -0.15) is 0 Å². The van der Waals surface area contributed by atoms with Gasteiger partial charge in [-0.25, -0.2) is 4.79 Å². The minimum Gasteiger partial charge on any atom is -0.481 e. The Bertz CT molecular complexity index is 1010. The summed E-state index contributed by atoms with van der Waals surface area (Å²) in [7, 11) is 0. The van der Waals surface area contributed by atoms with Crippen molar-refractivity contribution in [2.24, 2.45) is 5.41 Å². The molecule has 0 heterocycles. The second kappa shape index (κ2) is 10.3. The number of fused-ring (bicyclic) bond motifs is 3. The lowest BCUT2D eigenvalue weighted by molar-refractivity contribution is -0.139. The molecule has 0 radical (unpaired) electrons. The first-order valence-electron chi connectivity index (χ1n) is 12.0. The highest BCUT2D eigenvalue weighted by Crippen LogP contribution is 2.44. The van der Waals surface area contributed by atoms with E-state index in [4.69, 9.17) is 4.74 Å². The number of rotatable bonds is 9. The first-order chi connectivity index (χ1) is 16.4. The van der Waals surface area contributed by atoms with Crippen molar-refractivity contribution in [1.82, 2.24) is 10.6 Å². The Morgan fingerprint density at radius 2 is 1.62 bits per heavy atom. The Balaban J connectivity index is 1.38. The zero-order valence-electron chi connectivity index (χ0n) is 19.5. The summed E-state index contributed by atoms with van der Waals surface area (Å²) in [6.07, 6.45) is 4.03. The molecule has 3 N–H and O–H groups in total. The van der Waals surface area contributed by atoms with Crippen LogP contribution in [0.1, 0.15) is 62.5 Å². The zero-order valence-corrected chi connectivity index (χ0v) is 19.5. The summed E-state index contributed by atoms with van der Waals surface area (Å²) >= 11 is 0. The van der Waals surface area contributed by atoms with Gasteiger partial charge >= 0.3 is 12.1 Å². The summed E-state index contributed by atoms with van der Waals surface area (Å²) < 4.78 is 5.50. The normalized spacial score (nSPS) is 16.9. The van der Waals surface area contributed by atoms with E-state index in [9.17, 15) is 19.5 Å². The SMILES string of the molecule is CCC1(CNC(=O)C(CC(=O)O)NC(=O)OCC2c3ccccc3-c3ccccc32)CCCC1. The quantitative estimate of drug-likeness (QED) is 0.508. The number of hydrogen-bond acceptors (Lipinski definition) is 4. The van der Waals surface area contributed by atoms with Gasteiger partial charge in [0.2, 0.25) is 5.91 Å². The fourth-order valence-electron chi connectivity index (χ4n) is 5.34. The molecule has 0 bridgehead atoms. The average molecular weight is 465 g/mol. The van der Waals surface area contributed by atoms with Crippen molar-refractivity contribution in [3.8, 4) is 11.1 Å². The Hall–Kier alpha value is -3.35. The van der Waals surface area contributed by atoms with Crippen LogP contribution < -0.4 is 10.6 Å². The molecule has 34 heavy (non-hydrogen) atoms. The van der Waals surface area contributed by atoms with E-state index in [1.807, 2.05) is 36.4 Å². The molecule has 1 unspecified atom stereocenters. The number of ether oxygens (including phenoxy) is 1. The number of nitrogens with one attached hydrogen (secondary N) is 2. The fraction of sp³-hybridized carbons (Fsp3) is 0.444. The van der Waals surface area contributed by atoms with Gasteiger partial charge in [-0.15, -0.1) is 0 Å². The number of alkyl carbamates (subject to hydrolysis) is 1. The predicted octanol–water partition coefficient (Wildman–Crippen LogP) is 4.46. The summed E-state index contributed by atoms with van der Waals surface area (Å²) in [6.45, 7) is 2.70. The molecule has 2 amide bonds. The third kappa shape index (κ3) is 5.08. The zero-order chi connectivity index (χ0) is 24.1. The van der Waals surface area contributed by atoms with Crippen LogP contribution in [0.2, 0.25) is 0 Å². The van der Waals surface area contributed by atoms with Crippen LogP contribution in [0.15, 0.2) is 48.5 Å². The third-order valence-electron chi connectivity index (χ3n) is 7.38. The molecule has 180 valence electrons. The van der Waals surface area contributed by atoms with Crippen LogP contribution in [0.4, 0.5) is 4.79 Å². The Kier molecular flexibility index (Phi) is 7.20. The highest BCUT2D eigenvalue weighted by Gasteiger charge is 2.34. The maximum Gasteiger partial charge on any atom is 0.407 e. The average Bonchev–Trinajstić information content (AvgIpc) is 3.44. The molecule has 1 fully saturated rings. The van der Waals surface area contributed by atoms with Gasteiger partial charge in [-0.05, 0) is 46.9 Å². The van der Waals surface area contributed by atoms with Crippen LogP contribution in [-0.4, -0.2) is 42.3 Å². The van der Waals surface area contributed by atoms with Crippen molar-refractivity contribution in [3.05, 3.63) is 59.7 Å². The van der Waals surface area contributed by atoms with Crippen molar-refractivity contribution in [1.29, 1.82) is 0 Å². The topological polar surface area (TPSA) is 105 Å². The van der Waals surface area contributed by atoms with E-state index in [0.717, 1.165) is 54.4 Å². The number of carboxylic acids is 1. The molecule has 2 aliphatic rings. The van der Waals surface area contributed by atoms with E-state index in [-0.39, 0.29) is 17.9 Å². The Labute approximate surface area is 199 Å². The first kappa shape index (κ1) is 23.8. The highest BCUT2D eigenvalue weighted by molar-refractivity contribution is 5.89. The van der Waals surface area contributed by atoms with Gasteiger partial charge in [-0.3, -0.25) is 9.59 Å². The summed E-state index contributed by atoms with van der Waals surface area (Å²) in [5.74, 6) is -1.77. The molecule has 0 aliphatic heterocycles. The number of carbonyl (C=O) groups is 3. The van der Waals surface area contributed by atoms with Crippen LogP contribution in [0.3, 0.4) is 0 Å². The molecule has 0 spiro atoms. The summed E-state index contributed by atoms with van der Waals surface area (Å²) in [6, 6.07) is 14.8. The van der Waals surface area contributed by atoms with Crippen molar-refractivity contribution in [2.45, 2.75) is 57.4 Å². The maximum atomic E-state index is 12.8. The molecular formula is C27H32N2O5. The lowest BCUT2D eigenvalue weighted by Crippen LogP contribution is -2.50. The van der Waals surface area contributed by atoms with E-state index in [1.165, 1.54) is 0 Å². The molecule has 2 aromatic carbocycles. The van der Waals surface area contributed by atoms with Crippen molar-refractivity contribution in [3.63, 3.8) is 0 Å². The van der Waals surface area contributed by atoms with Crippen molar-refractivity contribution in [2.75, 3.05) is 13.2 Å². The molecule has 0 saturated heterocycles. The van der Waals surface area contributed by atoms with E-state index in [0.29, 0.717) is 6.54 Å². The number of amides is 2. The minimum atomic E-state index is -1.19. The predicted molar refractivity (Wildman–Crippen MR) is 128 cm³/mol. The Morgan fingerprint density at radius 3 is 2.18 bits per heavy atom. The maximum absolute atomic E-state index is 12.8. The molecule has 1 atom stereocenters. The highest BCUT2D eigenvalue weighted by atomic mass is 16.5. The van der Waals surface area contributed by atoms with Crippen LogP contribution in [0.25, 0.3) is 11.1 Å². The van der Waals surface area contributed by atoms with Crippen LogP contribution in [0, 0.1) is 5.41 Å². The van der Waals surface area contributed by atoms with Gasteiger partial charge in [0.25, 0.3) is 0 Å². The lowest BCUT2D eigenvalue weighted by atomic mass is 9.83. The summed E-state index contributed by atoms with van der Waals surface area (Å²) in [4.78, 5) is 36.7. The van der Waals surface area contributed by atoms with E-state index < -0.39 is 30.4 Å². The number of carbonyl (C=O) groups excluding carboxylic acids is 2. The molecule has 1 saturated carbocycles. The van der Waals surface area contributed by atoms with E-state index >= 15 is 0 Å². The van der Waals surface area contributed by atoms with Gasteiger partial charge in [0, 0.05) is 12.5 Å². The number of benzene rings is 2. The van der Waals surface area contributed by atoms with Gasteiger partial charge in [-0.1, -0.05) is 68.3 Å². The number of carboxylic acid groups (broad SMARTS) is 1. The minimum absolute atomic E-state index is 0.0627. The second-order valence-corrected chi connectivity index (χ2v) is 9.40. The standard InChI is InChI=1S/C27H32N2O5/c1-2-27(13-7-8-14-27)17-28-25(32)23(15-24(30)31)29-26(33)34-16-22-20-11-5-3-9-18(20)19-10-4-6-12-21(19)22/h3-6,9-12,22-23H,2,7-8,13-17H2,1H3,(H,28,32)(H,29,33)(H,30,31). The van der Waals surface area contributed by atoms with Crippen LogP contribution >= 0.6 is 0 Å². The van der Waals surface area contributed by atoms with E-state index in [2.05, 4.69) is 29.7 Å². The third-order valence-corrected chi connectivity index (χ3v) is 7.38. The van der Waals surface area contributed by atoms with Gasteiger partial charge in [0.15, 0.2) is 0 Å². The van der Waals surface area contributed by atoms with Gasteiger partial charge < -0.3 is 20.5 Å². The largest absolute Gasteiger partial charge is 0.481 e. The molecule has 4 rings (SSSR count). The molecule has 2 aliphatic carbocycles. The second-order valence-electron chi connectivity index (χ2n) is 9.40. The molecular weight excluding hydrogens is 432 g/mol. The molecule has 7 heteroatoms. The number of hydrogen-bond donors (Lipinski definition) is 3. The number of aliphatic carboxylic acids is 1. The van der Waals surface area contributed by atoms with Crippen molar-refractivity contribution >= 4 is 18.0 Å². The molecule has 2 aromatic rings. The first-order valence-corrected chi connectivity index (χ1v) is 12.0. The van der Waals surface area contributed by atoms with Crippen molar-refractivity contribution < 1.29 is 24.2 Å². The fourth-order valence-corrected chi connectivity index (χ4v) is 5.34. The van der Waals surface area contributed by atoms with E-state index in [1.54, 1.807) is 0 Å². The van der Waals surface area contributed by atoms with Crippen LogP contribution in [-0.2, 0) is 14.3 Å².